The molecule has 2 aromatic rings. The van der Waals surface area contributed by atoms with Gasteiger partial charge in [0.1, 0.15) is 5.00 Å². The fourth-order valence-electron chi connectivity index (χ4n) is 2.85. The molecule has 23 heavy (non-hydrogen) atoms. The third-order valence-electron chi connectivity index (χ3n) is 3.96. The van der Waals surface area contributed by atoms with Crippen LogP contribution in [0.3, 0.4) is 0 Å². The minimum absolute atomic E-state index is 0.256. The number of fused-ring (bicyclic) bond motifs is 1. The summed E-state index contributed by atoms with van der Waals surface area (Å²) >= 11 is 7.18. The van der Waals surface area contributed by atoms with Crippen molar-refractivity contribution in [2.75, 3.05) is 5.32 Å². The summed E-state index contributed by atoms with van der Waals surface area (Å²) in [7, 11) is 0. The summed E-state index contributed by atoms with van der Waals surface area (Å²) in [4.78, 5) is 25.1. The Morgan fingerprint density at radius 1 is 1.26 bits per heavy atom. The van der Waals surface area contributed by atoms with Gasteiger partial charge in [0, 0.05) is 16.3 Å². The van der Waals surface area contributed by atoms with Crippen LogP contribution in [0.2, 0.25) is 0 Å². The Labute approximate surface area is 143 Å². The summed E-state index contributed by atoms with van der Waals surface area (Å²) in [5, 5.41) is 12.7. The Morgan fingerprint density at radius 2 is 2.04 bits per heavy atom. The molecule has 2 N–H and O–H groups in total. The molecule has 0 saturated carbocycles. The van der Waals surface area contributed by atoms with Gasteiger partial charge in [-0.15, -0.1) is 22.9 Å². The van der Waals surface area contributed by atoms with E-state index in [2.05, 4.69) is 5.32 Å². The number of rotatable bonds is 4. The maximum Gasteiger partial charge on any atom is 0.339 e. The van der Waals surface area contributed by atoms with E-state index in [0.29, 0.717) is 16.4 Å². The molecule has 0 unspecified atom stereocenters. The minimum Gasteiger partial charge on any atom is -0.478 e. The van der Waals surface area contributed by atoms with Crippen LogP contribution in [0.5, 0.6) is 0 Å². The summed E-state index contributed by atoms with van der Waals surface area (Å²) in [6, 6.07) is 7.02. The summed E-state index contributed by atoms with van der Waals surface area (Å²) in [5.74, 6) is -0.957. The number of benzene rings is 1. The van der Waals surface area contributed by atoms with E-state index >= 15 is 0 Å². The molecule has 0 spiro atoms. The highest BCUT2D eigenvalue weighted by molar-refractivity contribution is 7.17. The molecule has 3 rings (SSSR count). The monoisotopic (exact) mass is 349 g/mol. The zero-order valence-corrected chi connectivity index (χ0v) is 14.0. The molecular formula is C17H16ClNO3S. The first kappa shape index (κ1) is 16.0. The first-order valence-electron chi connectivity index (χ1n) is 7.44. The first-order chi connectivity index (χ1) is 11.1. The topological polar surface area (TPSA) is 66.4 Å². The van der Waals surface area contributed by atoms with Crippen LogP contribution < -0.4 is 5.32 Å². The number of carboxylic acids is 1. The highest BCUT2D eigenvalue weighted by atomic mass is 35.5. The lowest BCUT2D eigenvalue weighted by Crippen LogP contribution is -2.14. The van der Waals surface area contributed by atoms with Crippen molar-refractivity contribution in [3.8, 4) is 0 Å². The Hall–Kier alpha value is -1.85. The molecule has 6 heteroatoms. The number of thiophene rings is 1. The maximum atomic E-state index is 12.4. The van der Waals surface area contributed by atoms with Crippen LogP contribution in [0.4, 0.5) is 5.00 Å². The van der Waals surface area contributed by atoms with Crippen molar-refractivity contribution < 1.29 is 14.7 Å². The van der Waals surface area contributed by atoms with Crippen LogP contribution in [0.15, 0.2) is 24.3 Å². The number of aromatic carboxylic acids is 1. The van der Waals surface area contributed by atoms with Gasteiger partial charge >= 0.3 is 5.97 Å². The molecule has 1 aliphatic carbocycles. The van der Waals surface area contributed by atoms with Crippen molar-refractivity contribution in [3.63, 3.8) is 0 Å². The van der Waals surface area contributed by atoms with Gasteiger partial charge in [0.15, 0.2) is 0 Å². The minimum atomic E-state index is -0.978. The second-order valence-electron chi connectivity index (χ2n) is 5.51. The molecule has 0 saturated heterocycles. The third kappa shape index (κ3) is 3.26. The number of nitrogens with one attached hydrogen (secondary N) is 1. The number of halogens is 1. The molecule has 0 atom stereocenters. The summed E-state index contributed by atoms with van der Waals surface area (Å²) in [6.07, 6.45) is 3.72. The van der Waals surface area contributed by atoms with Gasteiger partial charge in [-0.25, -0.2) is 4.79 Å². The molecule has 0 radical (unpaired) electrons. The van der Waals surface area contributed by atoms with Crippen molar-refractivity contribution in [1.82, 2.24) is 0 Å². The Bertz CT molecular complexity index is 769. The maximum absolute atomic E-state index is 12.4. The lowest BCUT2D eigenvalue weighted by molar-refractivity contribution is 0.0697. The molecule has 0 fully saturated rings. The Balaban J connectivity index is 1.91. The van der Waals surface area contributed by atoms with Gasteiger partial charge in [-0.1, -0.05) is 12.1 Å². The van der Waals surface area contributed by atoms with Gasteiger partial charge in [0.2, 0.25) is 0 Å². The van der Waals surface area contributed by atoms with Crippen LogP contribution in [0, 0.1) is 0 Å². The number of carbonyl (C=O) groups excluding carboxylic acids is 1. The molecule has 4 nitrogen and oxygen atoms in total. The fraction of sp³-hybridized carbons (Fsp3) is 0.294. The Morgan fingerprint density at radius 3 is 2.78 bits per heavy atom. The highest BCUT2D eigenvalue weighted by Crippen LogP contribution is 2.38. The average Bonchev–Trinajstić information content (AvgIpc) is 2.92. The molecule has 0 aliphatic heterocycles. The van der Waals surface area contributed by atoms with E-state index in [1.54, 1.807) is 18.2 Å². The average molecular weight is 350 g/mol. The molecule has 1 heterocycles. The third-order valence-corrected chi connectivity index (χ3v) is 5.47. The Kier molecular flexibility index (Phi) is 4.68. The van der Waals surface area contributed by atoms with E-state index in [4.69, 9.17) is 11.6 Å². The van der Waals surface area contributed by atoms with Crippen LogP contribution in [-0.2, 0) is 18.7 Å². The van der Waals surface area contributed by atoms with Crippen molar-refractivity contribution in [3.05, 3.63) is 51.4 Å². The van der Waals surface area contributed by atoms with Crippen molar-refractivity contribution in [1.29, 1.82) is 0 Å². The second-order valence-corrected chi connectivity index (χ2v) is 6.88. The van der Waals surface area contributed by atoms with Gasteiger partial charge < -0.3 is 10.4 Å². The van der Waals surface area contributed by atoms with E-state index < -0.39 is 5.97 Å². The lowest BCUT2D eigenvalue weighted by Gasteiger charge is -2.10. The second kappa shape index (κ2) is 6.72. The van der Waals surface area contributed by atoms with E-state index in [1.165, 1.54) is 11.3 Å². The number of alkyl halides is 1. The van der Waals surface area contributed by atoms with Crippen molar-refractivity contribution in [2.45, 2.75) is 31.6 Å². The fourth-order valence-corrected chi connectivity index (χ4v) is 4.29. The molecule has 1 amide bonds. The summed E-state index contributed by atoms with van der Waals surface area (Å²) in [6.45, 7) is 0. The largest absolute Gasteiger partial charge is 0.478 e. The first-order valence-corrected chi connectivity index (χ1v) is 8.79. The van der Waals surface area contributed by atoms with Gasteiger partial charge in [-0.2, -0.15) is 0 Å². The van der Waals surface area contributed by atoms with Crippen LogP contribution in [-0.4, -0.2) is 17.0 Å². The van der Waals surface area contributed by atoms with Crippen LogP contribution >= 0.6 is 22.9 Å². The van der Waals surface area contributed by atoms with E-state index in [9.17, 15) is 14.7 Å². The highest BCUT2D eigenvalue weighted by Gasteiger charge is 2.26. The molecule has 120 valence electrons. The van der Waals surface area contributed by atoms with E-state index in [1.807, 2.05) is 6.07 Å². The predicted molar refractivity (Wildman–Crippen MR) is 91.9 cm³/mol. The number of carbonyl (C=O) groups is 2. The van der Waals surface area contributed by atoms with Gasteiger partial charge in [0.05, 0.1) is 5.56 Å². The van der Waals surface area contributed by atoms with Gasteiger partial charge in [-0.3, -0.25) is 4.79 Å². The smallest absolute Gasteiger partial charge is 0.339 e. The molecular weight excluding hydrogens is 334 g/mol. The summed E-state index contributed by atoms with van der Waals surface area (Å²) < 4.78 is 0. The normalized spacial score (nSPS) is 13.4. The number of carboxylic acid groups (broad SMARTS) is 1. The van der Waals surface area contributed by atoms with Gasteiger partial charge in [-0.05, 0) is 48.9 Å². The zero-order valence-electron chi connectivity index (χ0n) is 12.4. The van der Waals surface area contributed by atoms with Crippen molar-refractivity contribution >= 4 is 39.8 Å². The molecule has 1 aliphatic rings. The summed E-state index contributed by atoms with van der Waals surface area (Å²) in [5.41, 5.74) is 2.47. The number of anilines is 1. The zero-order chi connectivity index (χ0) is 16.4. The van der Waals surface area contributed by atoms with E-state index in [-0.39, 0.29) is 11.5 Å². The quantitative estimate of drug-likeness (QED) is 0.808. The van der Waals surface area contributed by atoms with Crippen LogP contribution in [0.1, 0.15) is 49.6 Å². The number of amides is 1. The standard InChI is InChI=1S/C17H16ClNO3S/c18-9-10-4-3-5-11(8-10)15(20)19-16-14(17(21)22)12-6-1-2-7-13(12)23-16/h3-5,8H,1-2,6-7,9H2,(H,19,20)(H,21,22). The predicted octanol–water partition coefficient (Wildman–Crippen LogP) is 4.32. The number of aryl methyl sites for hydroxylation is 1. The lowest BCUT2D eigenvalue weighted by atomic mass is 9.95. The number of hydrogen-bond donors (Lipinski definition) is 2. The molecule has 0 bridgehead atoms. The van der Waals surface area contributed by atoms with Gasteiger partial charge in [0.25, 0.3) is 5.91 Å². The molecule has 1 aromatic carbocycles. The van der Waals surface area contributed by atoms with E-state index in [0.717, 1.165) is 41.7 Å². The number of hydrogen-bond acceptors (Lipinski definition) is 3. The SMILES string of the molecule is O=C(Nc1sc2c(c1C(=O)O)CCCC2)c1cccc(CCl)c1. The van der Waals surface area contributed by atoms with Crippen molar-refractivity contribution in [2.24, 2.45) is 0 Å². The molecule has 1 aromatic heterocycles. The van der Waals surface area contributed by atoms with Crippen LogP contribution in [0.25, 0.3) is 0 Å².